The SMILES string of the molecule is O=C(CC(F)(F)F)N(Cc1ccsc1)C1CC12CCNCC2. The van der Waals surface area contributed by atoms with Crippen molar-refractivity contribution < 1.29 is 18.0 Å². The number of halogens is 3. The van der Waals surface area contributed by atoms with Crippen LogP contribution in [0.15, 0.2) is 16.8 Å². The fourth-order valence-corrected chi connectivity index (χ4v) is 4.11. The van der Waals surface area contributed by atoms with Crippen LogP contribution in [0.2, 0.25) is 0 Å². The highest BCUT2D eigenvalue weighted by Gasteiger charge is 2.58. The first-order chi connectivity index (χ1) is 10.4. The van der Waals surface area contributed by atoms with Gasteiger partial charge in [0.1, 0.15) is 6.42 Å². The molecular formula is C15H19F3N2OS. The highest BCUT2D eigenvalue weighted by atomic mass is 32.1. The molecule has 1 aliphatic carbocycles. The molecule has 1 saturated heterocycles. The lowest BCUT2D eigenvalue weighted by atomic mass is 9.93. The Hall–Kier alpha value is -1.08. The number of thiophene rings is 1. The second-order valence-electron chi connectivity index (χ2n) is 6.28. The number of hydrogen-bond donors (Lipinski definition) is 1. The minimum Gasteiger partial charge on any atom is -0.334 e. The molecule has 3 rings (SSSR count). The Labute approximate surface area is 131 Å². The predicted octanol–water partition coefficient (Wildman–Crippen LogP) is 3.17. The Bertz CT molecular complexity index is 523. The summed E-state index contributed by atoms with van der Waals surface area (Å²) in [6, 6.07) is 1.83. The quantitative estimate of drug-likeness (QED) is 0.918. The van der Waals surface area contributed by atoms with Crippen LogP contribution in [0.5, 0.6) is 0 Å². The van der Waals surface area contributed by atoms with Gasteiger partial charge in [0.05, 0.1) is 0 Å². The molecule has 1 aromatic heterocycles. The molecule has 0 bridgehead atoms. The number of carbonyl (C=O) groups excluding carboxylic acids is 1. The van der Waals surface area contributed by atoms with Crippen molar-refractivity contribution in [2.24, 2.45) is 5.41 Å². The topological polar surface area (TPSA) is 32.3 Å². The molecule has 3 nitrogen and oxygen atoms in total. The fraction of sp³-hybridized carbons (Fsp3) is 0.667. The van der Waals surface area contributed by atoms with Crippen LogP contribution in [-0.2, 0) is 11.3 Å². The number of nitrogens with one attached hydrogen (secondary N) is 1. The summed E-state index contributed by atoms with van der Waals surface area (Å²) in [6.45, 7) is 2.06. The molecule has 1 saturated carbocycles. The summed E-state index contributed by atoms with van der Waals surface area (Å²) >= 11 is 1.50. The lowest BCUT2D eigenvalue weighted by Gasteiger charge is -2.30. The number of amides is 1. The number of rotatable bonds is 4. The molecule has 1 atom stereocenters. The molecule has 2 aliphatic rings. The Balaban J connectivity index is 1.73. The van der Waals surface area contributed by atoms with E-state index < -0.39 is 18.5 Å². The molecule has 0 radical (unpaired) electrons. The molecule has 122 valence electrons. The van der Waals surface area contributed by atoms with Gasteiger partial charge in [-0.1, -0.05) is 0 Å². The van der Waals surface area contributed by atoms with Gasteiger partial charge in [-0.2, -0.15) is 24.5 Å². The van der Waals surface area contributed by atoms with Crippen molar-refractivity contribution in [3.8, 4) is 0 Å². The summed E-state index contributed by atoms with van der Waals surface area (Å²) in [6.07, 6.45) is -3.08. The summed E-state index contributed by atoms with van der Waals surface area (Å²) in [5, 5.41) is 7.05. The van der Waals surface area contributed by atoms with Crippen LogP contribution in [0.25, 0.3) is 0 Å². The van der Waals surface area contributed by atoms with Gasteiger partial charge in [-0.15, -0.1) is 0 Å². The molecule has 22 heavy (non-hydrogen) atoms. The zero-order valence-corrected chi connectivity index (χ0v) is 13.0. The monoisotopic (exact) mass is 332 g/mol. The van der Waals surface area contributed by atoms with E-state index in [0.717, 1.165) is 37.9 Å². The van der Waals surface area contributed by atoms with Crippen molar-refractivity contribution in [3.63, 3.8) is 0 Å². The Morgan fingerprint density at radius 1 is 1.41 bits per heavy atom. The second kappa shape index (κ2) is 5.85. The molecule has 7 heteroatoms. The van der Waals surface area contributed by atoms with E-state index in [-0.39, 0.29) is 18.0 Å². The van der Waals surface area contributed by atoms with Gasteiger partial charge in [0.25, 0.3) is 0 Å². The first-order valence-electron chi connectivity index (χ1n) is 7.48. The molecule has 1 amide bonds. The van der Waals surface area contributed by atoms with Gasteiger partial charge < -0.3 is 10.2 Å². The number of piperidine rings is 1. The Morgan fingerprint density at radius 2 is 2.14 bits per heavy atom. The normalized spacial score (nSPS) is 23.5. The van der Waals surface area contributed by atoms with E-state index >= 15 is 0 Å². The maximum absolute atomic E-state index is 12.6. The van der Waals surface area contributed by atoms with Crippen molar-refractivity contribution in [1.82, 2.24) is 10.2 Å². The van der Waals surface area contributed by atoms with Gasteiger partial charge >= 0.3 is 6.18 Å². The number of alkyl halides is 3. The molecule has 2 fully saturated rings. The molecular weight excluding hydrogens is 313 g/mol. The lowest BCUT2D eigenvalue weighted by molar-refractivity contribution is -0.162. The number of nitrogens with zero attached hydrogens (tertiary/aromatic N) is 1. The zero-order valence-electron chi connectivity index (χ0n) is 12.2. The summed E-state index contributed by atoms with van der Waals surface area (Å²) in [5.41, 5.74) is 0.958. The highest BCUT2D eigenvalue weighted by Crippen LogP contribution is 2.56. The predicted molar refractivity (Wildman–Crippen MR) is 78.5 cm³/mol. The molecule has 1 spiro atoms. The summed E-state index contributed by atoms with van der Waals surface area (Å²) in [4.78, 5) is 13.7. The largest absolute Gasteiger partial charge is 0.397 e. The van der Waals surface area contributed by atoms with Crippen LogP contribution in [0.4, 0.5) is 13.2 Å². The number of carbonyl (C=O) groups is 1. The van der Waals surface area contributed by atoms with Crippen molar-refractivity contribution in [1.29, 1.82) is 0 Å². The standard InChI is InChI=1S/C15H19F3N2OS/c16-15(17,18)8-13(21)20(9-11-1-6-22-10-11)12-7-14(12)2-4-19-5-3-14/h1,6,10,12,19H,2-5,7-9H2. The van der Waals surface area contributed by atoms with Gasteiger partial charge in [-0.05, 0) is 60.2 Å². The molecule has 1 aliphatic heterocycles. The molecule has 1 unspecified atom stereocenters. The number of hydrogen-bond acceptors (Lipinski definition) is 3. The van der Waals surface area contributed by atoms with Crippen LogP contribution in [0.3, 0.4) is 0 Å². The lowest BCUT2D eigenvalue weighted by Crippen LogP contribution is -2.40. The van der Waals surface area contributed by atoms with Gasteiger partial charge in [0, 0.05) is 12.6 Å². The molecule has 2 heterocycles. The van der Waals surface area contributed by atoms with E-state index in [4.69, 9.17) is 0 Å². The summed E-state index contributed by atoms with van der Waals surface area (Å²) in [7, 11) is 0. The van der Waals surface area contributed by atoms with Crippen molar-refractivity contribution in [2.45, 2.75) is 44.4 Å². The first-order valence-corrected chi connectivity index (χ1v) is 8.42. The fourth-order valence-electron chi connectivity index (χ4n) is 3.45. The molecule has 0 aromatic carbocycles. The van der Waals surface area contributed by atoms with Crippen molar-refractivity contribution in [2.75, 3.05) is 13.1 Å². The van der Waals surface area contributed by atoms with Gasteiger partial charge in [-0.25, -0.2) is 0 Å². The second-order valence-corrected chi connectivity index (χ2v) is 7.06. The molecule has 1 N–H and O–H groups in total. The maximum Gasteiger partial charge on any atom is 0.397 e. The van der Waals surface area contributed by atoms with E-state index in [9.17, 15) is 18.0 Å². The van der Waals surface area contributed by atoms with E-state index in [1.54, 1.807) is 0 Å². The third-order valence-electron chi connectivity index (χ3n) is 4.73. The van der Waals surface area contributed by atoms with Crippen LogP contribution < -0.4 is 5.32 Å². The third kappa shape index (κ3) is 3.46. The van der Waals surface area contributed by atoms with Gasteiger partial charge in [0.15, 0.2) is 0 Å². The third-order valence-corrected chi connectivity index (χ3v) is 5.46. The van der Waals surface area contributed by atoms with Gasteiger partial charge in [0.2, 0.25) is 5.91 Å². The minimum atomic E-state index is -4.44. The first kappa shape index (κ1) is 15.8. The summed E-state index contributed by atoms with van der Waals surface area (Å²) < 4.78 is 37.8. The van der Waals surface area contributed by atoms with Crippen molar-refractivity contribution >= 4 is 17.2 Å². The van der Waals surface area contributed by atoms with Crippen molar-refractivity contribution in [3.05, 3.63) is 22.4 Å². The average Bonchev–Trinajstić information content (AvgIpc) is 2.87. The minimum absolute atomic E-state index is 0.0376. The van der Waals surface area contributed by atoms with Crippen LogP contribution >= 0.6 is 11.3 Å². The van der Waals surface area contributed by atoms with E-state index in [2.05, 4.69) is 5.32 Å². The van der Waals surface area contributed by atoms with Crippen LogP contribution in [0.1, 0.15) is 31.2 Å². The van der Waals surface area contributed by atoms with Gasteiger partial charge in [-0.3, -0.25) is 4.79 Å². The van der Waals surface area contributed by atoms with E-state index in [0.29, 0.717) is 0 Å². The Morgan fingerprint density at radius 3 is 2.73 bits per heavy atom. The zero-order chi connectivity index (χ0) is 15.8. The maximum atomic E-state index is 12.6. The average molecular weight is 332 g/mol. The summed E-state index contributed by atoms with van der Waals surface area (Å²) in [5.74, 6) is -0.792. The molecule has 1 aromatic rings. The Kier molecular flexibility index (Phi) is 4.20. The smallest absolute Gasteiger partial charge is 0.334 e. The van der Waals surface area contributed by atoms with Crippen LogP contribution in [-0.4, -0.2) is 36.1 Å². The van der Waals surface area contributed by atoms with E-state index in [1.807, 2.05) is 16.8 Å². The van der Waals surface area contributed by atoms with Crippen LogP contribution in [0, 0.1) is 5.41 Å². The van der Waals surface area contributed by atoms with E-state index in [1.165, 1.54) is 16.2 Å². The highest BCUT2D eigenvalue weighted by molar-refractivity contribution is 7.07.